The predicted octanol–water partition coefficient (Wildman–Crippen LogP) is 2.46. The maximum atomic E-state index is 13.2. The SMILES string of the molecule is CC1CN(CC2Cc3cc(F)ccc3O2)CC(CCl)O1. The first-order valence-corrected chi connectivity index (χ1v) is 7.56. The summed E-state index contributed by atoms with van der Waals surface area (Å²) < 4.78 is 24.8. The Bertz CT molecular complexity index is 485. The normalized spacial score (nSPS) is 30.1. The third-order valence-corrected chi connectivity index (χ3v) is 4.14. The Hall–Kier alpha value is -0.840. The number of hydrogen-bond acceptors (Lipinski definition) is 3. The van der Waals surface area contributed by atoms with Gasteiger partial charge in [-0.05, 0) is 25.1 Å². The van der Waals surface area contributed by atoms with E-state index in [-0.39, 0.29) is 24.1 Å². The first kappa shape index (κ1) is 14.1. The molecule has 20 heavy (non-hydrogen) atoms. The summed E-state index contributed by atoms with van der Waals surface area (Å²) >= 11 is 5.89. The maximum absolute atomic E-state index is 13.2. The van der Waals surface area contributed by atoms with Crippen LogP contribution in [0.4, 0.5) is 4.39 Å². The van der Waals surface area contributed by atoms with Crippen molar-refractivity contribution in [1.29, 1.82) is 0 Å². The molecule has 3 unspecified atom stereocenters. The summed E-state index contributed by atoms with van der Waals surface area (Å²) in [6, 6.07) is 4.73. The number of nitrogens with zero attached hydrogens (tertiary/aromatic N) is 1. The van der Waals surface area contributed by atoms with E-state index in [0.29, 0.717) is 5.88 Å². The number of ether oxygens (including phenoxy) is 2. The summed E-state index contributed by atoms with van der Waals surface area (Å²) in [4.78, 5) is 2.33. The lowest BCUT2D eigenvalue weighted by atomic mass is 10.1. The van der Waals surface area contributed by atoms with Gasteiger partial charge >= 0.3 is 0 Å². The summed E-state index contributed by atoms with van der Waals surface area (Å²) in [6.45, 7) is 4.61. The molecule has 1 saturated heterocycles. The standard InChI is InChI=1S/C15H19ClFNO2/c1-10-7-18(9-14(6-16)19-10)8-13-5-11-4-12(17)2-3-15(11)20-13/h2-4,10,13-14H,5-9H2,1H3. The number of alkyl halides is 1. The second-order valence-electron chi connectivity index (χ2n) is 5.64. The third-order valence-electron chi connectivity index (χ3n) is 3.80. The van der Waals surface area contributed by atoms with Crippen LogP contribution in [0.2, 0.25) is 0 Å². The molecule has 2 heterocycles. The summed E-state index contributed by atoms with van der Waals surface area (Å²) in [7, 11) is 0. The molecule has 3 atom stereocenters. The predicted molar refractivity (Wildman–Crippen MR) is 76.0 cm³/mol. The van der Waals surface area contributed by atoms with Crippen LogP contribution in [-0.2, 0) is 11.2 Å². The Kier molecular flexibility index (Phi) is 4.15. The largest absolute Gasteiger partial charge is 0.488 e. The van der Waals surface area contributed by atoms with Crippen molar-refractivity contribution in [2.75, 3.05) is 25.5 Å². The Morgan fingerprint density at radius 2 is 2.20 bits per heavy atom. The van der Waals surface area contributed by atoms with Crippen molar-refractivity contribution in [2.24, 2.45) is 0 Å². The number of hydrogen-bond donors (Lipinski definition) is 0. The number of halogens is 2. The van der Waals surface area contributed by atoms with Crippen LogP contribution < -0.4 is 4.74 Å². The van der Waals surface area contributed by atoms with E-state index >= 15 is 0 Å². The van der Waals surface area contributed by atoms with E-state index in [9.17, 15) is 4.39 Å². The van der Waals surface area contributed by atoms with Crippen molar-refractivity contribution in [1.82, 2.24) is 4.90 Å². The molecule has 0 N–H and O–H groups in total. The Labute approximate surface area is 123 Å². The third kappa shape index (κ3) is 3.08. The number of fused-ring (bicyclic) bond motifs is 1. The molecule has 1 aromatic rings. The summed E-state index contributed by atoms with van der Waals surface area (Å²) in [5.41, 5.74) is 0.963. The molecule has 1 fully saturated rings. The summed E-state index contributed by atoms with van der Waals surface area (Å²) in [6.07, 6.45) is 1.13. The van der Waals surface area contributed by atoms with Crippen molar-refractivity contribution in [2.45, 2.75) is 31.7 Å². The van der Waals surface area contributed by atoms with Gasteiger partial charge in [-0.3, -0.25) is 4.90 Å². The lowest BCUT2D eigenvalue weighted by molar-refractivity contribution is -0.0724. The van der Waals surface area contributed by atoms with Gasteiger partial charge in [0.05, 0.1) is 12.2 Å². The molecule has 0 radical (unpaired) electrons. The summed E-state index contributed by atoms with van der Waals surface area (Å²) in [5.74, 6) is 1.12. The fourth-order valence-electron chi connectivity index (χ4n) is 3.05. The first-order valence-electron chi connectivity index (χ1n) is 7.03. The van der Waals surface area contributed by atoms with Crippen LogP contribution in [-0.4, -0.2) is 48.7 Å². The van der Waals surface area contributed by atoms with E-state index in [1.54, 1.807) is 12.1 Å². The molecule has 110 valence electrons. The van der Waals surface area contributed by atoms with E-state index in [1.807, 2.05) is 0 Å². The van der Waals surface area contributed by atoms with Crippen LogP contribution >= 0.6 is 11.6 Å². The van der Waals surface area contributed by atoms with Gasteiger partial charge in [0.25, 0.3) is 0 Å². The van der Waals surface area contributed by atoms with Crippen LogP contribution in [0.5, 0.6) is 5.75 Å². The maximum Gasteiger partial charge on any atom is 0.123 e. The Morgan fingerprint density at radius 3 is 3.00 bits per heavy atom. The van der Waals surface area contributed by atoms with Gasteiger partial charge in [0.2, 0.25) is 0 Å². The molecule has 0 aromatic heterocycles. The summed E-state index contributed by atoms with van der Waals surface area (Å²) in [5, 5.41) is 0. The zero-order valence-electron chi connectivity index (χ0n) is 11.5. The van der Waals surface area contributed by atoms with Crippen LogP contribution in [0.1, 0.15) is 12.5 Å². The number of morpholine rings is 1. The van der Waals surface area contributed by atoms with Gasteiger partial charge in [-0.25, -0.2) is 4.39 Å². The molecular formula is C15H19ClFNO2. The van der Waals surface area contributed by atoms with Gasteiger partial charge in [0, 0.05) is 37.5 Å². The molecule has 0 saturated carbocycles. The minimum absolute atomic E-state index is 0.0849. The monoisotopic (exact) mass is 299 g/mol. The highest BCUT2D eigenvalue weighted by Crippen LogP contribution is 2.30. The molecule has 5 heteroatoms. The molecule has 3 nitrogen and oxygen atoms in total. The molecule has 0 bridgehead atoms. The highest BCUT2D eigenvalue weighted by atomic mass is 35.5. The molecule has 2 aliphatic rings. The molecular weight excluding hydrogens is 281 g/mol. The van der Waals surface area contributed by atoms with E-state index in [0.717, 1.165) is 37.4 Å². The van der Waals surface area contributed by atoms with Gasteiger partial charge in [-0.2, -0.15) is 0 Å². The van der Waals surface area contributed by atoms with Crippen LogP contribution in [0.3, 0.4) is 0 Å². The smallest absolute Gasteiger partial charge is 0.123 e. The average Bonchev–Trinajstić information content (AvgIpc) is 2.79. The van der Waals surface area contributed by atoms with Crippen molar-refractivity contribution in [3.8, 4) is 5.75 Å². The molecule has 1 aromatic carbocycles. The second kappa shape index (κ2) is 5.88. The van der Waals surface area contributed by atoms with Gasteiger partial charge in [-0.15, -0.1) is 11.6 Å². The van der Waals surface area contributed by atoms with Crippen molar-refractivity contribution in [3.05, 3.63) is 29.6 Å². The minimum atomic E-state index is -0.199. The van der Waals surface area contributed by atoms with E-state index in [4.69, 9.17) is 21.1 Å². The van der Waals surface area contributed by atoms with Gasteiger partial charge in [0.15, 0.2) is 0 Å². The van der Waals surface area contributed by atoms with Crippen molar-refractivity contribution < 1.29 is 13.9 Å². The highest BCUT2D eigenvalue weighted by Gasteiger charge is 2.30. The number of rotatable bonds is 3. The first-order chi connectivity index (χ1) is 9.64. The molecule has 0 aliphatic carbocycles. The van der Waals surface area contributed by atoms with Crippen LogP contribution in [0.15, 0.2) is 18.2 Å². The Balaban J connectivity index is 1.60. The zero-order chi connectivity index (χ0) is 14.1. The van der Waals surface area contributed by atoms with Crippen molar-refractivity contribution in [3.63, 3.8) is 0 Å². The minimum Gasteiger partial charge on any atom is -0.488 e. The Morgan fingerprint density at radius 1 is 1.35 bits per heavy atom. The second-order valence-corrected chi connectivity index (χ2v) is 5.95. The number of benzene rings is 1. The molecule has 2 aliphatic heterocycles. The lowest BCUT2D eigenvalue weighted by Crippen LogP contribution is -2.50. The fraction of sp³-hybridized carbons (Fsp3) is 0.600. The van der Waals surface area contributed by atoms with Gasteiger partial charge in [-0.1, -0.05) is 0 Å². The molecule has 0 spiro atoms. The zero-order valence-corrected chi connectivity index (χ0v) is 12.3. The van der Waals surface area contributed by atoms with Crippen LogP contribution in [0.25, 0.3) is 0 Å². The van der Waals surface area contributed by atoms with Gasteiger partial charge in [0.1, 0.15) is 17.7 Å². The highest BCUT2D eigenvalue weighted by molar-refractivity contribution is 6.18. The molecule has 0 amide bonds. The lowest BCUT2D eigenvalue weighted by Gasteiger charge is -2.37. The van der Waals surface area contributed by atoms with Crippen molar-refractivity contribution >= 4 is 11.6 Å². The van der Waals surface area contributed by atoms with Crippen LogP contribution in [0, 0.1) is 5.82 Å². The topological polar surface area (TPSA) is 21.7 Å². The van der Waals surface area contributed by atoms with E-state index in [1.165, 1.54) is 6.07 Å². The fourth-order valence-corrected chi connectivity index (χ4v) is 3.22. The molecule has 3 rings (SSSR count). The van der Waals surface area contributed by atoms with Gasteiger partial charge < -0.3 is 9.47 Å². The quantitative estimate of drug-likeness (QED) is 0.800. The average molecular weight is 300 g/mol. The van der Waals surface area contributed by atoms with E-state index in [2.05, 4.69) is 11.8 Å². The van der Waals surface area contributed by atoms with E-state index < -0.39 is 0 Å².